The van der Waals surface area contributed by atoms with Crippen molar-refractivity contribution in [1.82, 2.24) is 0 Å². The molecule has 0 bridgehead atoms. The second kappa shape index (κ2) is 6.62. The van der Waals surface area contributed by atoms with E-state index in [1.165, 1.54) is 0 Å². The van der Waals surface area contributed by atoms with Crippen LogP contribution in [0.1, 0.15) is 22.8 Å². The van der Waals surface area contributed by atoms with Crippen LogP contribution in [0.5, 0.6) is 0 Å². The maximum absolute atomic E-state index is 12.2. The highest BCUT2D eigenvalue weighted by Crippen LogP contribution is 2.17. The Bertz CT molecular complexity index is 768. The predicted octanol–water partition coefficient (Wildman–Crippen LogP) is 2.87. The number of amides is 1. The summed E-state index contributed by atoms with van der Waals surface area (Å²) in [7, 11) is -3.34. The first-order valence-electron chi connectivity index (χ1n) is 6.85. The average Bonchev–Trinajstić information content (AvgIpc) is 2.46. The van der Waals surface area contributed by atoms with Crippen LogP contribution in [0, 0.1) is 0 Å². The van der Waals surface area contributed by atoms with Crippen molar-refractivity contribution in [1.29, 1.82) is 0 Å². The molecule has 0 aliphatic heterocycles. The molecule has 2 N–H and O–H groups in total. The van der Waals surface area contributed by atoms with Gasteiger partial charge in [-0.1, -0.05) is 25.1 Å². The van der Waals surface area contributed by atoms with Gasteiger partial charge in [-0.15, -0.1) is 0 Å². The third-order valence-corrected chi connectivity index (χ3v) is 3.65. The first kappa shape index (κ1) is 16.0. The van der Waals surface area contributed by atoms with Gasteiger partial charge in [0.25, 0.3) is 5.91 Å². The van der Waals surface area contributed by atoms with Crippen LogP contribution >= 0.6 is 0 Å². The molecule has 116 valence electrons. The number of hydrogen-bond donors (Lipinski definition) is 2. The second-order valence-electron chi connectivity index (χ2n) is 4.96. The fourth-order valence-corrected chi connectivity index (χ4v) is 2.52. The highest BCUT2D eigenvalue weighted by Gasteiger charge is 2.07. The molecule has 0 aliphatic rings. The first-order valence-corrected chi connectivity index (χ1v) is 8.74. The molecule has 0 unspecified atom stereocenters. The quantitative estimate of drug-likeness (QED) is 0.890. The van der Waals surface area contributed by atoms with Gasteiger partial charge in [0.2, 0.25) is 10.0 Å². The van der Waals surface area contributed by atoms with E-state index in [1.807, 2.05) is 12.1 Å². The number of rotatable bonds is 5. The zero-order valence-electron chi connectivity index (χ0n) is 12.5. The molecule has 0 atom stereocenters. The lowest BCUT2D eigenvalue weighted by Gasteiger charge is -2.08. The summed E-state index contributed by atoms with van der Waals surface area (Å²) in [5.41, 5.74) is 2.65. The van der Waals surface area contributed by atoms with Crippen molar-refractivity contribution in [3.05, 3.63) is 59.7 Å². The Labute approximate surface area is 130 Å². The summed E-state index contributed by atoms with van der Waals surface area (Å²) >= 11 is 0. The molecule has 0 heterocycles. The van der Waals surface area contributed by atoms with Crippen molar-refractivity contribution in [3.8, 4) is 0 Å². The molecular weight excluding hydrogens is 300 g/mol. The number of benzene rings is 2. The smallest absolute Gasteiger partial charge is 0.255 e. The molecule has 6 heteroatoms. The van der Waals surface area contributed by atoms with E-state index >= 15 is 0 Å². The summed E-state index contributed by atoms with van der Waals surface area (Å²) in [6.07, 6.45) is 1.99. The minimum Gasteiger partial charge on any atom is -0.322 e. The summed E-state index contributed by atoms with van der Waals surface area (Å²) < 4.78 is 24.8. The Hall–Kier alpha value is -2.34. The highest BCUT2D eigenvalue weighted by atomic mass is 32.2. The number of aryl methyl sites for hydroxylation is 1. The van der Waals surface area contributed by atoms with Crippen LogP contribution in [0.3, 0.4) is 0 Å². The Balaban J connectivity index is 2.12. The lowest BCUT2D eigenvalue weighted by Crippen LogP contribution is -2.13. The maximum atomic E-state index is 12.2. The summed E-state index contributed by atoms with van der Waals surface area (Å²) in [6.45, 7) is 2.05. The van der Waals surface area contributed by atoms with Gasteiger partial charge in [0, 0.05) is 11.3 Å². The van der Waals surface area contributed by atoms with Crippen molar-refractivity contribution in [2.75, 3.05) is 16.3 Å². The third kappa shape index (κ3) is 4.60. The van der Waals surface area contributed by atoms with Crippen LogP contribution in [-0.2, 0) is 16.4 Å². The van der Waals surface area contributed by atoms with E-state index in [4.69, 9.17) is 0 Å². The standard InChI is InChI=1S/C16H18N2O3S/c1-3-12-7-9-13(10-8-12)16(19)17-14-5-4-6-15(11-14)18-22(2,20)21/h4-11,18H,3H2,1-2H3,(H,17,19). The molecule has 5 nitrogen and oxygen atoms in total. The van der Waals surface area contributed by atoms with E-state index < -0.39 is 10.0 Å². The molecule has 0 aromatic heterocycles. The van der Waals surface area contributed by atoms with Crippen LogP contribution in [0.2, 0.25) is 0 Å². The number of hydrogen-bond acceptors (Lipinski definition) is 3. The zero-order chi connectivity index (χ0) is 16.2. The van der Waals surface area contributed by atoms with E-state index in [0.29, 0.717) is 16.9 Å². The molecule has 2 rings (SSSR count). The van der Waals surface area contributed by atoms with Crippen LogP contribution in [0.15, 0.2) is 48.5 Å². The molecule has 0 aliphatic carbocycles. The molecule has 1 amide bonds. The Kier molecular flexibility index (Phi) is 4.82. The third-order valence-electron chi connectivity index (χ3n) is 3.05. The molecule has 0 spiro atoms. The largest absolute Gasteiger partial charge is 0.322 e. The van der Waals surface area contributed by atoms with Gasteiger partial charge in [-0.2, -0.15) is 0 Å². The first-order chi connectivity index (χ1) is 10.4. The second-order valence-corrected chi connectivity index (χ2v) is 6.71. The normalized spacial score (nSPS) is 11.0. The van der Waals surface area contributed by atoms with E-state index in [2.05, 4.69) is 17.0 Å². The fraction of sp³-hybridized carbons (Fsp3) is 0.188. The lowest BCUT2D eigenvalue weighted by molar-refractivity contribution is 0.102. The van der Waals surface area contributed by atoms with Crippen molar-refractivity contribution in [3.63, 3.8) is 0 Å². The number of carbonyl (C=O) groups excluding carboxylic acids is 1. The molecule has 0 saturated carbocycles. The van der Waals surface area contributed by atoms with Crippen LogP contribution < -0.4 is 10.0 Å². The monoisotopic (exact) mass is 318 g/mol. The summed E-state index contributed by atoms with van der Waals surface area (Å²) in [6, 6.07) is 13.9. The van der Waals surface area contributed by atoms with Gasteiger partial charge in [0.1, 0.15) is 0 Å². The van der Waals surface area contributed by atoms with Crippen LogP contribution in [0.25, 0.3) is 0 Å². The fourth-order valence-electron chi connectivity index (χ4n) is 1.97. The highest BCUT2D eigenvalue weighted by molar-refractivity contribution is 7.92. The molecule has 2 aromatic carbocycles. The summed E-state index contributed by atoms with van der Waals surface area (Å²) in [5.74, 6) is -0.237. The SMILES string of the molecule is CCc1ccc(C(=O)Nc2cccc(NS(C)(=O)=O)c2)cc1. The van der Waals surface area contributed by atoms with Crippen molar-refractivity contribution in [2.45, 2.75) is 13.3 Å². The average molecular weight is 318 g/mol. The van der Waals surface area contributed by atoms with E-state index in [1.54, 1.807) is 36.4 Å². The van der Waals surface area contributed by atoms with E-state index in [9.17, 15) is 13.2 Å². The van der Waals surface area contributed by atoms with E-state index in [0.717, 1.165) is 18.2 Å². The van der Waals surface area contributed by atoms with Crippen molar-refractivity contribution < 1.29 is 13.2 Å². The number of nitrogens with one attached hydrogen (secondary N) is 2. The van der Waals surface area contributed by atoms with Gasteiger partial charge in [-0.3, -0.25) is 9.52 Å². The van der Waals surface area contributed by atoms with Gasteiger partial charge in [0.05, 0.1) is 11.9 Å². The molecule has 22 heavy (non-hydrogen) atoms. The lowest BCUT2D eigenvalue weighted by atomic mass is 10.1. The minimum atomic E-state index is -3.34. The van der Waals surface area contributed by atoms with Gasteiger partial charge < -0.3 is 5.32 Å². The number of anilines is 2. The van der Waals surface area contributed by atoms with E-state index in [-0.39, 0.29) is 5.91 Å². The van der Waals surface area contributed by atoms with Crippen LogP contribution in [0.4, 0.5) is 11.4 Å². The Morgan fingerprint density at radius 3 is 2.27 bits per heavy atom. The van der Waals surface area contributed by atoms with Gasteiger partial charge in [-0.05, 0) is 42.3 Å². The maximum Gasteiger partial charge on any atom is 0.255 e. The van der Waals surface area contributed by atoms with Crippen molar-refractivity contribution >= 4 is 27.3 Å². The molecule has 0 radical (unpaired) electrons. The molecular formula is C16H18N2O3S. The molecule has 2 aromatic rings. The Morgan fingerprint density at radius 2 is 1.68 bits per heavy atom. The number of carbonyl (C=O) groups is 1. The summed E-state index contributed by atoms with van der Waals surface area (Å²) in [5, 5.41) is 2.75. The Morgan fingerprint density at radius 1 is 1.05 bits per heavy atom. The topological polar surface area (TPSA) is 75.3 Å². The minimum absolute atomic E-state index is 0.237. The van der Waals surface area contributed by atoms with Gasteiger partial charge in [-0.25, -0.2) is 8.42 Å². The van der Waals surface area contributed by atoms with Gasteiger partial charge in [0.15, 0.2) is 0 Å². The number of sulfonamides is 1. The molecule has 0 saturated heterocycles. The molecule has 0 fully saturated rings. The summed E-state index contributed by atoms with van der Waals surface area (Å²) in [4.78, 5) is 12.2. The van der Waals surface area contributed by atoms with Crippen LogP contribution in [-0.4, -0.2) is 20.6 Å². The van der Waals surface area contributed by atoms with Gasteiger partial charge >= 0.3 is 0 Å². The predicted molar refractivity (Wildman–Crippen MR) is 88.7 cm³/mol. The van der Waals surface area contributed by atoms with Crippen molar-refractivity contribution in [2.24, 2.45) is 0 Å². The zero-order valence-corrected chi connectivity index (χ0v) is 13.3.